The monoisotopic (exact) mass is 540 g/mol. The molecule has 0 unspecified atom stereocenters. The Labute approximate surface area is 227 Å². The van der Waals surface area contributed by atoms with Gasteiger partial charge in [0.1, 0.15) is 11.9 Å². The fraction of sp³-hybridized carbons (Fsp3) is 0.516. The number of hydrogen-bond acceptors (Lipinski definition) is 4. The van der Waals surface area contributed by atoms with Crippen molar-refractivity contribution < 1.29 is 27.8 Å². The molecule has 1 saturated heterocycles. The Morgan fingerprint density at radius 3 is 2.74 bits per heavy atom. The SMILES string of the molecule is CC(C)CN(C(=O)C=Cc1cccc(C(F)(F)F)c1)[C@@H]1CC[C@@]2(O)[C@H]3Cc4cccc5c4[C@@]2(CCN3C)[C@H]1O5. The molecule has 1 amide bonds. The van der Waals surface area contributed by atoms with E-state index in [0.717, 1.165) is 42.8 Å². The Morgan fingerprint density at radius 1 is 1.23 bits per heavy atom. The van der Waals surface area contributed by atoms with Crippen molar-refractivity contribution in [1.29, 1.82) is 0 Å². The summed E-state index contributed by atoms with van der Waals surface area (Å²) in [7, 11) is 2.08. The summed E-state index contributed by atoms with van der Waals surface area (Å²) < 4.78 is 46.3. The molecule has 2 aromatic carbocycles. The maximum absolute atomic E-state index is 13.8. The van der Waals surface area contributed by atoms with Crippen molar-refractivity contribution in [3.05, 3.63) is 70.8 Å². The van der Waals surface area contributed by atoms with E-state index < -0.39 is 28.9 Å². The first-order valence-corrected chi connectivity index (χ1v) is 13.8. The van der Waals surface area contributed by atoms with Gasteiger partial charge in [0.25, 0.3) is 0 Å². The number of amides is 1. The van der Waals surface area contributed by atoms with E-state index in [1.807, 2.05) is 30.9 Å². The molecule has 208 valence electrons. The van der Waals surface area contributed by atoms with Gasteiger partial charge < -0.3 is 19.6 Å². The van der Waals surface area contributed by atoms with E-state index in [9.17, 15) is 23.1 Å². The number of aliphatic hydroxyl groups is 1. The summed E-state index contributed by atoms with van der Waals surface area (Å²) in [6.07, 6.45) is 0.646. The van der Waals surface area contributed by atoms with Crippen LogP contribution in [0.25, 0.3) is 6.08 Å². The first-order chi connectivity index (χ1) is 18.5. The van der Waals surface area contributed by atoms with E-state index in [1.54, 1.807) is 6.07 Å². The average Bonchev–Trinajstić information content (AvgIpc) is 3.23. The summed E-state index contributed by atoms with van der Waals surface area (Å²) >= 11 is 0. The highest BCUT2D eigenvalue weighted by atomic mass is 19.4. The van der Waals surface area contributed by atoms with Gasteiger partial charge in [0, 0.05) is 24.2 Å². The van der Waals surface area contributed by atoms with Crippen molar-refractivity contribution in [2.24, 2.45) is 5.92 Å². The molecule has 2 aliphatic carbocycles. The molecule has 2 aliphatic heterocycles. The van der Waals surface area contributed by atoms with Crippen LogP contribution >= 0.6 is 0 Å². The first kappa shape index (κ1) is 26.4. The second kappa shape index (κ2) is 9.10. The van der Waals surface area contributed by atoms with Crippen molar-refractivity contribution in [1.82, 2.24) is 9.80 Å². The summed E-state index contributed by atoms with van der Waals surface area (Å²) in [5.41, 5.74) is 0.340. The number of rotatable bonds is 5. The van der Waals surface area contributed by atoms with Crippen molar-refractivity contribution in [2.75, 3.05) is 20.1 Å². The van der Waals surface area contributed by atoms with Gasteiger partial charge >= 0.3 is 6.18 Å². The van der Waals surface area contributed by atoms with E-state index in [-0.39, 0.29) is 23.9 Å². The number of carbonyl (C=O) groups is 1. The fourth-order valence-electron chi connectivity index (χ4n) is 7.88. The van der Waals surface area contributed by atoms with Crippen LogP contribution in [-0.2, 0) is 22.8 Å². The maximum atomic E-state index is 13.8. The normalized spacial score (nSPS) is 31.3. The van der Waals surface area contributed by atoms with Crippen LogP contribution in [0.3, 0.4) is 0 Å². The van der Waals surface area contributed by atoms with Crippen LogP contribution in [-0.4, -0.2) is 64.7 Å². The van der Waals surface area contributed by atoms with Crippen LogP contribution in [0.5, 0.6) is 5.75 Å². The van der Waals surface area contributed by atoms with E-state index >= 15 is 0 Å². The topological polar surface area (TPSA) is 53.0 Å². The number of benzene rings is 2. The van der Waals surface area contributed by atoms with Crippen LogP contribution < -0.4 is 4.74 Å². The van der Waals surface area contributed by atoms with Gasteiger partial charge in [-0.15, -0.1) is 0 Å². The Morgan fingerprint density at radius 2 is 2.00 bits per heavy atom. The first-order valence-electron chi connectivity index (χ1n) is 13.8. The van der Waals surface area contributed by atoms with Crippen molar-refractivity contribution in [2.45, 2.75) is 74.9 Å². The highest BCUT2D eigenvalue weighted by Gasteiger charge is 2.72. The number of likely N-dealkylation sites (N-methyl/N-ethyl adjacent to an activating group) is 1. The lowest BCUT2D eigenvalue weighted by molar-refractivity contribution is -0.197. The summed E-state index contributed by atoms with van der Waals surface area (Å²) in [5, 5.41) is 12.4. The lowest BCUT2D eigenvalue weighted by Gasteiger charge is -2.64. The Hall–Kier alpha value is -2.84. The van der Waals surface area contributed by atoms with E-state index in [2.05, 4.69) is 18.0 Å². The van der Waals surface area contributed by atoms with E-state index in [4.69, 9.17) is 4.74 Å². The van der Waals surface area contributed by atoms with Crippen molar-refractivity contribution in [3.63, 3.8) is 0 Å². The van der Waals surface area contributed by atoms with Crippen LogP contribution in [0, 0.1) is 5.92 Å². The molecule has 2 bridgehead atoms. The molecule has 6 rings (SSSR count). The molecule has 5 nitrogen and oxygen atoms in total. The molecule has 0 aromatic heterocycles. The molecule has 2 aromatic rings. The average molecular weight is 541 g/mol. The molecule has 1 N–H and O–H groups in total. The molecule has 8 heteroatoms. The fourth-order valence-corrected chi connectivity index (χ4v) is 7.88. The number of carbonyl (C=O) groups excluding carboxylic acids is 1. The molecule has 5 atom stereocenters. The van der Waals surface area contributed by atoms with Crippen molar-refractivity contribution in [3.8, 4) is 5.75 Å². The van der Waals surface area contributed by atoms with E-state index in [1.165, 1.54) is 23.8 Å². The minimum atomic E-state index is -4.45. The maximum Gasteiger partial charge on any atom is 0.416 e. The van der Waals surface area contributed by atoms with Gasteiger partial charge in [0.05, 0.1) is 22.6 Å². The lowest BCUT2D eigenvalue weighted by Crippen LogP contribution is -2.78. The Balaban J connectivity index is 1.36. The largest absolute Gasteiger partial charge is 0.487 e. The van der Waals surface area contributed by atoms with Gasteiger partial charge in [-0.25, -0.2) is 0 Å². The van der Waals surface area contributed by atoms with Gasteiger partial charge in [-0.2, -0.15) is 13.2 Å². The van der Waals surface area contributed by atoms with Crippen LogP contribution in [0.4, 0.5) is 13.2 Å². The van der Waals surface area contributed by atoms with Gasteiger partial charge in [-0.05, 0) is 80.6 Å². The zero-order chi connectivity index (χ0) is 27.7. The van der Waals surface area contributed by atoms with Gasteiger partial charge in [-0.3, -0.25) is 4.79 Å². The number of piperidine rings is 1. The molecular weight excluding hydrogens is 505 g/mol. The number of alkyl halides is 3. The molecule has 2 heterocycles. The Bertz CT molecular complexity index is 1320. The highest BCUT2D eigenvalue weighted by Crippen LogP contribution is 2.64. The third-order valence-electron chi connectivity index (χ3n) is 9.47. The molecule has 0 radical (unpaired) electrons. The number of nitrogens with zero attached hydrogens (tertiary/aromatic N) is 2. The summed E-state index contributed by atoms with van der Waals surface area (Å²) in [5.74, 6) is 0.723. The van der Waals surface area contributed by atoms with Gasteiger partial charge in [0.15, 0.2) is 0 Å². The predicted molar refractivity (Wildman–Crippen MR) is 142 cm³/mol. The highest BCUT2D eigenvalue weighted by molar-refractivity contribution is 5.92. The summed E-state index contributed by atoms with van der Waals surface area (Å²) in [4.78, 5) is 17.9. The molecular formula is C31H35F3N2O3. The molecule has 2 fully saturated rings. The number of ether oxygens (including phenoxy) is 1. The summed E-state index contributed by atoms with van der Waals surface area (Å²) in [6, 6.07) is 10.8. The quantitative estimate of drug-likeness (QED) is 0.539. The second-order valence-electron chi connectivity index (χ2n) is 12.1. The van der Waals surface area contributed by atoms with Crippen LogP contribution in [0.2, 0.25) is 0 Å². The van der Waals surface area contributed by atoms with Gasteiger partial charge in [0.2, 0.25) is 5.91 Å². The molecule has 1 spiro atoms. The van der Waals surface area contributed by atoms with Crippen molar-refractivity contribution >= 4 is 12.0 Å². The minimum absolute atomic E-state index is 0.0193. The minimum Gasteiger partial charge on any atom is -0.487 e. The standard InChI is InChI=1S/C31H35F3N2O3/c1-19(2)18-36(26(37)11-10-20-6-4-8-22(16-20)31(32,33)34)23-12-13-30(38)25-17-21-7-5-9-24-27(21)29(30,28(23)39-24)14-15-35(25)3/h4-11,16,19,23,25,28,38H,12-15,17-18H2,1-3H3/t23-,25-,28+,29+,30-/m1/s1. The lowest BCUT2D eigenvalue weighted by atomic mass is 9.48. The summed E-state index contributed by atoms with van der Waals surface area (Å²) in [6.45, 7) is 5.41. The molecule has 39 heavy (non-hydrogen) atoms. The smallest absolute Gasteiger partial charge is 0.416 e. The number of halogens is 3. The molecule has 1 saturated carbocycles. The van der Waals surface area contributed by atoms with E-state index in [0.29, 0.717) is 24.9 Å². The van der Waals surface area contributed by atoms with Crippen LogP contribution in [0.1, 0.15) is 55.4 Å². The number of hydrogen-bond donors (Lipinski definition) is 1. The number of likely N-dealkylation sites (tertiary alicyclic amines) is 1. The zero-order valence-electron chi connectivity index (χ0n) is 22.5. The molecule has 4 aliphatic rings. The third-order valence-corrected chi connectivity index (χ3v) is 9.47. The third kappa shape index (κ3) is 3.93. The second-order valence-corrected chi connectivity index (χ2v) is 12.1. The Kier molecular flexibility index (Phi) is 6.15. The van der Waals surface area contributed by atoms with Crippen LogP contribution in [0.15, 0.2) is 48.5 Å². The van der Waals surface area contributed by atoms with Gasteiger partial charge in [-0.1, -0.05) is 38.1 Å². The zero-order valence-corrected chi connectivity index (χ0v) is 22.5. The predicted octanol–water partition coefficient (Wildman–Crippen LogP) is 5.06.